The van der Waals surface area contributed by atoms with Gasteiger partial charge in [0.15, 0.2) is 0 Å². The Kier molecular flexibility index (Phi) is 4.30. The van der Waals surface area contributed by atoms with Crippen LogP contribution in [0.15, 0.2) is 11.1 Å². The molecule has 1 nitrogen and oxygen atoms in total. The van der Waals surface area contributed by atoms with Gasteiger partial charge in [0.2, 0.25) is 0 Å². The number of hydrogen-bond acceptors (Lipinski definition) is 1. The van der Waals surface area contributed by atoms with E-state index in [1.807, 2.05) is 0 Å². The maximum absolute atomic E-state index is 3.79. The molecular formula is C10H18BrN. The first kappa shape index (κ1) is 10.3. The molecule has 2 unspecified atom stereocenters. The summed E-state index contributed by atoms with van der Waals surface area (Å²) in [7, 11) is 0. The van der Waals surface area contributed by atoms with Gasteiger partial charge in [0.1, 0.15) is 0 Å². The van der Waals surface area contributed by atoms with Crippen molar-refractivity contribution in [1.29, 1.82) is 0 Å². The van der Waals surface area contributed by atoms with E-state index < -0.39 is 0 Å². The molecule has 2 atom stereocenters. The lowest BCUT2D eigenvalue weighted by Crippen LogP contribution is -2.22. The van der Waals surface area contributed by atoms with Crippen molar-refractivity contribution >= 4 is 15.9 Å². The third kappa shape index (κ3) is 3.72. The van der Waals surface area contributed by atoms with Crippen molar-refractivity contribution in [2.24, 2.45) is 11.8 Å². The van der Waals surface area contributed by atoms with Gasteiger partial charge in [-0.15, -0.1) is 0 Å². The minimum atomic E-state index is 0.908. The smallest absolute Gasteiger partial charge is 0.0265 e. The highest BCUT2D eigenvalue weighted by molar-refractivity contribution is 9.11. The summed E-state index contributed by atoms with van der Waals surface area (Å²) in [6, 6.07) is 0. The van der Waals surface area contributed by atoms with Crippen LogP contribution in [0.5, 0.6) is 0 Å². The van der Waals surface area contributed by atoms with Crippen LogP contribution in [0.25, 0.3) is 0 Å². The Morgan fingerprint density at radius 3 is 2.83 bits per heavy atom. The van der Waals surface area contributed by atoms with E-state index >= 15 is 0 Å². The van der Waals surface area contributed by atoms with Gasteiger partial charge < -0.3 is 5.32 Å². The van der Waals surface area contributed by atoms with Gasteiger partial charge in [-0.3, -0.25) is 0 Å². The van der Waals surface area contributed by atoms with Crippen LogP contribution in [0.3, 0.4) is 0 Å². The Morgan fingerprint density at radius 2 is 2.33 bits per heavy atom. The van der Waals surface area contributed by atoms with E-state index in [0.29, 0.717) is 0 Å². The zero-order chi connectivity index (χ0) is 8.97. The van der Waals surface area contributed by atoms with Crippen molar-refractivity contribution in [2.75, 3.05) is 13.1 Å². The standard InChI is InChI=1S/C10H18BrN/c1-8-3-4-10(5-8)7-12-6-9(2)11/h8,10,12H,2-7H2,1H3. The molecule has 1 rings (SSSR count). The monoisotopic (exact) mass is 231 g/mol. The molecule has 0 aromatic carbocycles. The summed E-state index contributed by atoms with van der Waals surface area (Å²) < 4.78 is 1.05. The lowest BCUT2D eigenvalue weighted by molar-refractivity contribution is 0.483. The normalized spacial score (nSPS) is 29.2. The van der Waals surface area contributed by atoms with E-state index in [1.54, 1.807) is 0 Å². The molecule has 0 aromatic heterocycles. The molecule has 0 heterocycles. The topological polar surface area (TPSA) is 12.0 Å². The van der Waals surface area contributed by atoms with E-state index in [0.717, 1.165) is 29.4 Å². The fourth-order valence-corrected chi connectivity index (χ4v) is 2.12. The van der Waals surface area contributed by atoms with Gasteiger partial charge in [0.05, 0.1) is 0 Å². The average molecular weight is 232 g/mol. The number of nitrogens with one attached hydrogen (secondary N) is 1. The molecule has 0 radical (unpaired) electrons. The van der Waals surface area contributed by atoms with E-state index in [-0.39, 0.29) is 0 Å². The van der Waals surface area contributed by atoms with Gasteiger partial charge in [-0.1, -0.05) is 35.9 Å². The zero-order valence-electron chi connectivity index (χ0n) is 7.78. The number of halogens is 1. The van der Waals surface area contributed by atoms with Gasteiger partial charge in [0.25, 0.3) is 0 Å². The molecule has 1 aliphatic rings. The molecule has 1 fully saturated rings. The second kappa shape index (κ2) is 5.03. The van der Waals surface area contributed by atoms with Gasteiger partial charge in [-0.2, -0.15) is 0 Å². The molecule has 0 bridgehead atoms. The predicted octanol–water partition coefficient (Wildman–Crippen LogP) is 2.92. The maximum Gasteiger partial charge on any atom is 0.0265 e. The Bertz CT molecular complexity index is 156. The molecule has 0 aliphatic heterocycles. The summed E-state index contributed by atoms with van der Waals surface area (Å²) in [5.74, 6) is 1.86. The fourth-order valence-electron chi connectivity index (χ4n) is 1.92. The molecule has 1 N–H and O–H groups in total. The van der Waals surface area contributed by atoms with Crippen LogP contribution in [0, 0.1) is 11.8 Å². The first-order valence-corrected chi connectivity index (χ1v) is 5.51. The molecular weight excluding hydrogens is 214 g/mol. The van der Waals surface area contributed by atoms with Crippen molar-refractivity contribution < 1.29 is 0 Å². The Balaban J connectivity index is 2.04. The molecule has 70 valence electrons. The van der Waals surface area contributed by atoms with Crippen molar-refractivity contribution in [1.82, 2.24) is 5.32 Å². The van der Waals surface area contributed by atoms with Gasteiger partial charge in [-0.25, -0.2) is 0 Å². The van der Waals surface area contributed by atoms with Crippen LogP contribution in [-0.2, 0) is 0 Å². The molecule has 0 spiro atoms. The highest BCUT2D eigenvalue weighted by Gasteiger charge is 2.20. The average Bonchev–Trinajstić information content (AvgIpc) is 2.35. The van der Waals surface area contributed by atoms with Crippen LogP contribution in [0.4, 0.5) is 0 Å². The van der Waals surface area contributed by atoms with E-state index in [2.05, 4.69) is 34.7 Å². The zero-order valence-corrected chi connectivity index (χ0v) is 9.36. The maximum atomic E-state index is 3.79. The molecule has 12 heavy (non-hydrogen) atoms. The lowest BCUT2D eigenvalue weighted by Gasteiger charge is -2.09. The molecule has 1 saturated carbocycles. The minimum Gasteiger partial charge on any atom is -0.312 e. The first-order valence-electron chi connectivity index (χ1n) is 4.72. The van der Waals surface area contributed by atoms with Crippen LogP contribution >= 0.6 is 15.9 Å². The van der Waals surface area contributed by atoms with Crippen molar-refractivity contribution in [3.8, 4) is 0 Å². The van der Waals surface area contributed by atoms with Gasteiger partial charge in [-0.05, 0) is 31.2 Å². The van der Waals surface area contributed by atoms with Crippen molar-refractivity contribution in [3.63, 3.8) is 0 Å². The molecule has 0 saturated heterocycles. The highest BCUT2D eigenvalue weighted by Crippen LogP contribution is 2.29. The minimum absolute atomic E-state index is 0.908. The van der Waals surface area contributed by atoms with Crippen LogP contribution in [0.1, 0.15) is 26.2 Å². The first-order chi connectivity index (χ1) is 5.68. The summed E-state index contributed by atoms with van der Waals surface area (Å²) in [5.41, 5.74) is 0. The Labute approximate surface area is 83.7 Å². The SMILES string of the molecule is C=C(Br)CNCC1CCC(C)C1. The third-order valence-corrected chi connectivity index (χ3v) is 2.83. The van der Waals surface area contributed by atoms with Crippen LogP contribution in [0.2, 0.25) is 0 Å². The third-order valence-electron chi connectivity index (χ3n) is 2.55. The van der Waals surface area contributed by atoms with Crippen LogP contribution in [-0.4, -0.2) is 13.1 Å². The summed E-state index contributed by atoms with van der Waals surface area (Å²) in [6.45, 7) is 8.21. The second-order valence-corrected chi connectivity index (χ2v) is 5.05. The second-order valence-electron chi connectivity index (χ2n) is 3.93. The summed E-state index contributed by atoms with van der Waals surface area (Å²) in [6.07, 6.45) is 4.23. The summed E-state index contributed by atoms with van der Waals surface area (Å²) in [5, 5.41) is 3.40. The lowest BCUT2D eigenvalue weighted by atomic mass is 10.1. The van der Waals surface area contributed by atoms with Gasteiger partial charge >= 0.3 is 0 Å². The van der Waals surface area contributed by atoms with Crippen LogP contribution < -0.4 is 5.32 Å². The molecule has 2 heteroatoms. The number of hydrogen-bond donors (Lipinski definition) is 1. The molecule has 1 aliphatic carbocycles. The van der Waals surface area contributed by atoms with Crippen molar-refractivity contribution in [2.45, 2.75) is 26.2 Å². The van der Waals surface area contributed by atoms with E-state index in [4.69, 9.17) is 0 Å². The Morgan fingerprint density at radius 1 is 1.58 bits per heavy atom. The van der Waals surface area contributed by atoms with Crippen molar-refractivity contribution in [3.05, 3.63) is 11.1 Å². The molecule has 0 amide bonds. The molecule has 0 aromatic rings. The summed E-state index contributed by atoms with van der Waals surface area (Å²) >= 11 is 3.34. The van der Waals surface area contributed by atoms with Gasteiger partial charge in [0, 0.05) is 11.0 Å². The predicted molar refractivity (Wildman–Crippen MR) is 57.4 cm³/mol. The quantitative estimate of drug-likeness (QED) is 0.785. The van der Waals surface area contributed by atoms with E-state index in [9.17, 15) is 0 Å². The Hall–Kier alpha value is 0.180. The highest BCUT2D eigenvalue weighted by atomic mass is 79.9. The largest absolute Gasteiger partial charge is 0.312 e. The summed E-state index contributed by atoms with van der Waals surface area (Å²) in [4.78, 5) is 0. The van der Waals surface area contributed by atoms with E-state index in [1.165, 1.54) is 19.3 Å². The fraction of sp³-hybridized carbons (Fsp3) is 0.800. The number of rotatable bonds is 4.